The molecule has 10 heteroatoms. The number of unbranched alkanes of at least 4 members (excludes halogenated alkanes) is 1. The lowest BCUT2D eigenvalue weighted by atomic mass is 10.2. The Labute approximate surface area is 225 Å². The van der Waals surface area contributed by atoms with Gasteiger partial charge < -0.3 is 19.1 Å². The number of halogens is 2. The minimum atomic E-state index is -0.250. The summed E-state index contributed by atoms with van der Waals surface area (Å²) in [5, 5.41) is 8.12. The number of fused-ring (bicyclic) bond motifs is 1. The van der Waals surface area contributed by atoms with Crippen molar-refractivity contribution in [3.8, 4) is 23.0 Å². The van der Waals surface area contributed by atoms with Gasteiger partial charge in [-0.3, -0.25) is 4.79 Å². The van der Waals surface area contributed by atoms with E-state index in [9.17, 15) is 0 Å². The molecule has 5 rings (SSSR count). The Morgan fingerprint density at radius 1 is 1.16 bits per heavy atom. The minimum absolute atomic E-state index is 0.187. The Kier molecular flexibility index (Phi) is 8.51. The van der Waals surface area contributed by atoms with E-state index in [-0.39, 0.29) is 12.1 Å². The zero-order chi connectivity index (χ0) is 26.4. The van der Waals surface area contributed by atoms with Gasteiger partial charge >= 0.3 is 0 Å². The second-order valence-electron chi connectivity index (χ2n) is 9.00. The average molecular weight is 543 g/mol. The zero-order valence-corrected chi connectivity index (χ0v) is 22.2. The largest absolute Gasteiger partial charge is 0.494 e. The molecule has 0 aliphatic heterocycles. The van der Waals surface area contributed by atoms with E-state index in [1.165, 1.54) is 6.33 Å². The summed E-state index contributed by atoms with van der Waals surface area (Å²) in [7, 11) is 0. The van der Waals surface area contributed by atoms with Crippen molar-refractivity contribution in [2.75, 3.05) is 6.61 Å². The third kappa shape index (κ3) is 6.50. The number of nitrogens with zero attached hydrogens (tertiary/aromatic N) is 4. The molecule has 2 heterocycles. The fraction of sp³-hybridized carbons (Fsp3) is 0.333. The summed E-state index contributed by atoms with van der Waals surface area (Å²) in [5.41, 5.74) is 2.93. The molecular formula is C27H28Cl2N4O4. The van der Waals surface area contributed by atoms with Crippen LogP contribution in [0.1, 0.15) is 45.1 Å². The highest BCUT2D eigenvalue weighted by Crippen LogP contribution is 2.41. The molecule has 8 nitrogen and oxygen atoms in total. The fourth-order valence-corrected chi connectivity index (χ4v) is 4.24. The summed E-state index contributed by atoms with van der Waals surface area (Å²) in [4.78, 5) is 22.3. The molecule has 0 radical (unpaired) electrons. The first-order valence-corrected chi connectivity index (χ1v) is 12.8. The molecule has 1 N–H and O–H groups in total. The quantitative estimate of drug-likeness (QED) is 0.186. The van der Waals surface area contributed by atoms with Gasteiger partial charge in [0.15, 0.2) is 11.2 Å². The maximum absolute atomic E-state index is 8.36. The maximum Gasteiger partial charge on any atom is 0.290 e. The van der Waals surface area contributed by atoms with Crippen molar-refractivity contribution in [3.63, 3.8) is 0 Å². The second-order valence-corrected chi connectivity index (χ2v) is 9.85. The van der Waals surface area contributed by atoms with Crippen LogP contribution in [0.3, 0.4) is 0 Å². The van der Waals surface area contributed by atoms with Crippen LogP contribution in [0.15, 0.2) is 48.8 Å². The van der Waals surface area contributed by atoms with Gasteiger partial charge in [0, 0.05) is 10.6 Å². The van der Waals surface area contributed by atoms with Crippen molar-refractivity contribution in [1.29, 1.82) is 0 Å². The number of aromatic nitrogens is 4. The van der Waals surface area contributed by atoms with Gasteiger partial charge in [-0.2, -0.15) is 4.98 Å². The summed E-state index contributed by atoms with van der Waals surface area (Å²) in [5.74, 6) is 1.92. The predicted molar refractivity (Wildman–Crippen MR) is 144 cm³/mol. The van der Waals surface area contributed by atoms with E-state index >= 15 is 0 Å². The van der Waals surface area contributed by atoms with E-state index in [1.54, 1.807) is 0 Å². The molecule has 0 amide bonds. The number of benzene rings is 2. The second kappa shape index (κ2) is 11.8. The smallest absolute Gasteiger partial charge is 0.290 e. The molecule has 0 spiro atoms. The van der Waals surface area contributed by atoms with Gasteiger partial charge in [0.2, 0.25) is 5.88 Å². The van der Waals surface area contributed by atoms with Crippen LogP contribution in [0.5, 0.6) is 11.6 Å². The predicted octanol–water partition coefficient (Wildman–Crippen LogP) is 6.66. The molecule has 37 heavy (non-hydrogen) atoms. The molecule has 0 atom stereocenters. The molecule has 1 saturated carbocycles. The third-order valence-electron chi connectivity index (χ3n) is 5.97. The van der Waals surface area contributed by atoms with E-state index in [1.807, 2.05) is 47.0 Å². The van der Waals surface area contributed by atoms with Crippen LogP contribution in [-0.2, 0) is 11.3 Å². The van der Waals surface area contributed by atoms with Crippen LogP contribution in [-0.4, -0.2) is 43.3 Å². The summed E-state index contributed by atoms with van der Waals surface area (Å²) in [6.45, 7) is 5.15. The van der Waals surface area contributed by atoms with Gasteiger partial charge in [0.05, 0.1) is 18.2 Å². The highest BCUT2D eigenvalue weighted by atomic mass is 35.5. The van der Waals surface area contributed by atoms with E-state index in [0.29, 0.717) is 46.1 Å². The Morgan fingerprint density at radius 3 is 2.62 bits per heavy atom. The van der Waals surface area contributed by atoms with Gasteiger partial charge in [-0.25, -0.2) is 9.97 Å². The molecule has 0 bridgehead atoms. The zero-order valence-electron chi connectivity index (χ0n) is 20.7. The normalized spacial score (nSPS) is 13.5. The van der Waals surface area contributed by atoms with Crippen LogP contribution in [0.25, 0.3) is 22.6 Å². The monoisotopic (exact) mass is 542 g/mol. The Morgan fingerprint density at radius 2 is 1.95 bits per heavy atom. The highest BCUT2D eigenvalue weighted by Gasteiger charge is 2.41. The van der Waals surface area contributed by atoms with E-state index in [2.05, 4.69) is 23.8 Å². The first kappa shape index (κ1) is 26.7. The van der Waals surface area contributed by atoms with Crippen molar-refractivity contribution < 1.29 is 19.4 Å². The summed E-state index contributed by atoms with van der Waals surface area (Å²) < 4.78 is 14.1. The van der Waals surface area contributed by atoms with Gasteiger partial charge in [0.1, 0.15) is 23.5 Å². The maximum atomic E-state index is 8.36. The SMILES string of the molecule is CCCCOc1ccc(-c2nc3c(OC4(C)CC4)ncnc3n2Cc2cccc(Cl)c2)c(Cl)c1.O=CO. The standard InChI is InChI=1S/C26H26Cl2N4O2.CH2O2/c1-3-4-12-33-19-8-9-20(21(28)14-19)23-31-22-24(29-16-30-25(22)34-26(2)10-11-26)32(23)15-17-6-5-7-18(27)13-17;2-1-3/h5-9,13-14,16H,3-4,10-12,15H2,1-2H3;1H,(H,2,3). The number of carboxylic acid groups (broad SMARTS) is 1. The van der Waals surface area contributed by atoms with Gasteiger partial charge in [-0.1, -0.05) is 48.7 Å². The number of rotatable bonds is 9. The van der Waals surface area contributed by atoms with Gasteiger partial charge in [-0.15, -0.1) is 0 Å². The molecule has 1 fully saturated rings. The topological polar surface area (TPSA) is 99.4 Å². The number of imidazole rings is 1. The summed E-state index contributed by atoms with van der Waals surface area (Å²) in [6, 6.07) is 13.5. The average Bonchev–Trinajstić information content (AvgIpc) is 3.48. The number of ether oxygens (including phenoxy) is 2. The van der Waals surface area contributed by atoms with Crippen LogP contribution >= 0.6 is 23.2 Å². The van der Waals surface area contributed by atoms with Crippen LogP contribution < -0.4 is 9.47 Å². The van der Waals surface area contributed by atoms with Gasteiger partial charge in [0.25, 0.3) is 6.47 Å². The lowest BCUT2D eigenvalue weighted by Gasteiger charge is -2.12. The Hall–Kier alpha value is -3.36. The van der Waals surface area contributed by atoms with E-state index in [0.717, 1.165) is 42.6 Å². The summed E-state index contributed by atoms with van der Waals surface area (Å²) >= 11 is 13.0. The Bertz CT molecular complexity index is 1390. The number of carbonyl (C=O) groups is 1. The molecule has 4 aromatic rings. The first-order valence-electron chi connectivity index (χ1n) is 12.0. The molecular weight excluding hydrogens is 515 g/mol. The molecule has 2 aromatic heterocycles. The molecule has 1 aliphatic carbocycles. The van der Waals surface area contributed by atoms with Crippen LogP contribution in [0.4, 0.5) is 0 Å². The van der Waals surface area contributed by atoms with E-state index < -0.39 is 0 Å². The van der Waals surface area contributed by atoms with Crippen LogP contribution in [0, 0.1) is 0 Å². The van der Waals surface area contributed by atoms with Gasteiger partial charge in [-0.05, 0) is 62.1 Å². The third-order valence-corrected chi connectivity index (χ3v) is 6.52. The molecule has 1 aliphatic rings. The van der Waals surface area contributed by atoms with Crippen molar-refractivity contribution in [2.24, 2.45) is 0 Å². The van der Waals surface area contributed by atoms with Crippen LogP contribution in [0.2, 0.25) is 10.0 Å². The number of hydrogen-bond donors (Lipinski definition) is 1. The molecule has 0 unspecified atom stereocenters. The molecule has 0 saturated heterocycles. The summed E-state index contributed by atoms with van der Waals surface area (Å²) in [6.07, 6.45) is 5.59. The lowest BCUT2D eigenvalue weighted by molar-refractivity contribution is -0.122. The van der Waals surface area contributed by atoms with Crippen molar-refractivity contribution >= 4 is 40.8 Å². The Balaban J connectivity index is 0.00000102. The van der Waals surface area contributed by atoms with Crippen molar-refractivity contribution in [2.45, 2.75) is 51.7 Å². The lowest BCUT2D eigenvalue weighted by Crippen LogP contribution is -2.13. The van der Waals surface area contributed by atoms with E-state index in [4.69, 9.17) is 47.6 Å². The van der Waals surface area contributed by atoms with Crippen molar-refractivity contribution in [3.05, 3.63) is 64.4 Å². The first-order chi connectivity index (χ1) is 17.9. The van der Waals surface area contributed by atoms with Crippen molar-refractivity contribution in [1.82, 2.24) is 19.5 Å². The molecule has 194 valence electrons. The number of hydrogen-bond acceptors (Lipinski definition) is 6. The fourth-order valence-electron chi connectivity index (χ4n) is 3.78. The highest BCUT2D eigenvalue weighted by molar-refractivity contribution is 6.33. The molecule has 2 aromatic carbocycles. The minimum Gasteiger partial charge on any atom is -0.494 e.